The minimum atomic E-state index is -1.61. The summed E-state index contributed by atoms with van der Waals surface area (Å²) in [7, 11) is 1.27. The lowest BCUT2D eigenvalue weighted by Crippen LogP contribution is -2.45. The number of aliphatic hydroxyl groups is 2. The molecule has 2 aliphatic carbocycles. The first kappa shape index (κ1) is 17.7. The monoisotopic (exact) mass is 402 g/mol. The van der Waals surface area contributed by atoms with Crippen molar-refractivity contribution in [3.63, 3.8) is 0 Å². The van der Waals surface area contributed by atoms with Gasteiger partial charge in [-0.25, -0.2) is 0 Å². The number of methoxy groups -OCH3 is 1. The van der Waals surface area contributed by atoms with Gasteiger partial charge < -0.3 is 14.9 Å². The average Bonchev–Trinajstić information content (AvgIpc) is 2.60. The first-order chi connectivity index (χ1) is 9.04. The molecule has 0 aromatic heterocycles. The van der Waals surface area contributed by atoms with Crippen molar-refractivity contribution in [1.29, 1.82) is 0 Å². The SMILES string of the molecule is COC(O)C(O)CC1CC2(Cl)C(Cl)=C(Cl)C1(Cl)C2(Cl)Cl. The molecule has 2 aliphatic rings. The number of hydrogen-bond acceptors (Lipinski definition) is 3. The number of fused-ring (bicyclic) bond motifs is 2. The second kappa shape index (κ2) is 5.47. The molecule has 5 atom stereocenters. The van der Waals surface area contributed by atoms with Crippen LogP contribution in [-0.2, 0) is 4.74 Å². The van der Waals surface area contributed by atoms with Gasteiger partial charge in [0.25, 0.3) is 0 Å². The lowest BCUT2D eigenvalue weighted by Gasteiger charge is -2.35. The number of ether oxygens (including phenoxy) is 1. The molecular weight excluding hydrogens is 393 g/mol. The van der Waals surface area contributed by atoms with E-state index in [0.717, 1.165) is 0 Å². The van der Waals surface area contributed by atoms with Crippen LogP contribution in [0.25, 0.3) is 0 Å². The van der Waals surface area contributed by atoms with Gasteiger partial charge in [-0.1, -0.05) is 46.4 Å². The van der Waals surface area contributed by atoms with Crippen LogP contribution in [0.2, 0.25) is 0 Å². The fraction of sp³-hybridized carbons (Fsp3) is 0.818. The zero-order chi connectivity index (χ0) is 15.5. The Balaban J connectivity index is 2.33. The van der Waals surface area contributed by atoms with Crippen LogP contribution in [0.4, 0.5) is 0 Å². The van der Waals surface area contributed by atoms with E-state index in [4.69, 9.17) is 69.6 Å². The molecule has 20 heavy (non-hydrogen) atoms. The molecule has 3 nitrogen and oxygen atoms in total. The molecule has 0 radical (unpaired) electrons. The van der Waals surface area contributed by atoms with E-state index in [1.807, 2.05) is 0 Å². The Bertz CT molecular complexity index is 455. The fourth-order valence-electron chi connectivity index (χ4n) is 2.84. The summed E-state index contributed by atoms with van der Waals surface area (Å²) in [5.74, 6) is -0.466. The Hall–Kier alpha value is 1.36. The van der Waals surface area contributed by atoms with Crippen LogP contribution in [-0.4, -0.2) is 43.8 Å². The highest BCUT2D eigenvalue weighted by atomic mass is 35.5. The third-order valence-corrected chi connectivity index (χ3v) is 8.33. The van der Waals surface area contributed by atoms with E-state index >= 15 is 0 Å². The van der Waals surface area contributed by atoms with Crippen molar-refractivity contribution in [2.75, 3.05) is 7.11 Å². The van der Waals surface area contributed by atoms with Gasteiger partial charge in [0, 0.05) is 7.11 Å². The predicted molar refractivity (Wildman–Crippen MR) is 82.1 cm³/mol. The summed E-state index contributed by atoms with van der Waals surface area (Å²) in [4.78, 5) is -2.72. The van der Waals surface area contributed by atoms with Gasteiger partial charge in [-0.15, -0.1) is 23.2 Å². The van der Waals surface area contributed by atoms with Crippen molar-refractivity contribution in [2.45, 2.75) is 39.3 Å². The van der Waals surface area contributed by atoms with Crippen molar-refractivity contribution in [3.8, 4) is 0 Å². The first-order valence-corrected chi connectivity index (χ1v) is 8.01. The molecule has 9 heteroatoms. The van der Waals surface area contributed by atoms with E-state index in [-0.39, 0.29) is 22.9 Å². The fourth-order valence-corrected chi connectivity index (χ4v) is 5.70. The highest BCUT2D eigenvalue weighted by Crippen LogP contribution is 2.74. The Morgan fingerprint density at radius 2 is 1.75 bits per heavy atom. The number of alkyl halides is 4. The van der Waals surface area contributed by atoms with E-state index in [1.165, 1.54) is 7.11 Å². The van der Waals surface area contributed by atoms with Crippen molar-refractivity contribution in [1.82, 2.24) is 0 Å². The summed E-state index contributed by atoms with van der Waals surface area (Å²) in [6, 6.07) is 0. The quantitative estimate of drug-likeness (QED) is 0.556. The zero-order valence-electron chi connectivity index (χ0n) is 10.2. The van der Waals surface area contributed by atoms with E-state index in [1.54, 1.807) is 0 Å². The van der Waals surface area contributed by atoms with Gasteiger partial charge in [-0.2, -0.15) is 0 Å². The van der Waals surface area contributed by atoms with Gasteiger partial charge in [0.05, 0.1) is 10.1 Å². The van der Waals surface area contributed by atoms with Crippen LogP contribution < -0.4 is 0 Å². The van der Waals surface area contributed by atoms with Gasteiger partial charge >= 0.3 is 0 Å². The van der Waals surface area contributed by atoms with Crippen LogP contribution in [0.1, 0.15) is 12.8 Å². The average molecular weight is 405 g/mol. The number of halogens is 6. The van der Waals surface area contributed by atoms with Gasteiger partial charge in [0.2, 0.25) is 0 Å². The lowest BCUT2D eigenvalue weighted by atomic mass is 9.87. The van der Waals surface area contributed by atoms with Crippen molar-refractivity contribution in [3.05, 3.63) is 10.1 Å². The smallest absolute Gasteiger partial charge is 0.180 e. The van der Waals surface area contributed by atoms with Crippen molar-refractivity contribution in [2.24, 2.45) is 5.92 Å². The molecule has 2 N–H and O–H groups in total. The van der Waals surface area contributed by atoms with Crippen LogP contribution in [0, 0.1) is 5.92 Å². The second-order valence-corrected chi connectivity index (χ2v) is 8.37. The molecule has 1 saturated carbocycles. The molecule has 0 amide bonds. The van der Waals surface area contributed by atoms with E-state index < -0.39 is 32.4 Å². The van der Waals surface area contributed by atoms with Crippen LogP contribution >= 0.6 is 69.6 Å². The van der Waals surface area contributed by atoms with Gasteiger partial charge in [-0.3, -0.25) is 0 Å². The van der Waals surface area contributed by atoms with Crippen LogP contribution in [0.5, 0.6) is 0 Å². The Morgan fingerprint density at radius 3 is 2.15 bits per heavy atom. The molecule has 0 spiro atoms. The van der Waals surface area contributed by atoms with E-state index in [0.29, 0.717) is 0 Å². The zero-order valence-corrected chi connectivity index (χ0v) is 14.8. The van der Waals surface area contributed by atoms with Crippen molar-refractivity contribution >= 4 is 69.6 Å². The normalized spacial score (nSPS) is 42.1. The number of hydrogen-bond donors (Lipinski definition) is 2. The highest BCUT2D eigenvalue weighted by Gasteiger charge is 2.78. The molecular formula is C11H12Cl6O3. The van der Waals surface area contributed by atoms with Gasteiger partial charge in [0.1, 0.15) is 15.9 Å². The Kier molecular flexibility index (Phi) is 4.84. The molecule has 2 rings (SSSR count). The first-order valence-electron chi connectivity index (χ1n) is 5.74. The lowest BCUT2D eigenvalue weighted by molar-refractivity contribution is -0.149. The van der Waals surface area contributed by atoms with E-state index in [2.05, 4.69) is 4.74 Å². The summed E-state index contributed by atoms with van der Waals surface area (Å²) in [5.41, 5.74) is 0. The number of aliphatic hydroxyl groups excluding tert-OH is 2. The summed E-state index contributed by atoms with van der Waals surface area (Å²) in [6.07, 6.45) is -2.23. The largest absolute Gasteiger partial charge is 0.388 e. The van der Waals surface area contributed by atoms with Crippen molar-refractivity contribution < 1.29 is 14.9 Å². The molecule has 0 aliphatic heterocycles. The summed E-state index contributed by atoms with van der Waals surface area (Å²) in [5, 5.41) is 19.5. The summed E-state index contributed by atoms with van der Waals surface area (Å²) >= 11 is 37.8. The maximum atomic E-state index is 9.87. The molecule has 0 saturated heterocycles. The summed E-state index contributed by atoms with van der Waals surface area (Å²) in [6.45, 7) is 0. The second-order valence-electron chi connectivity index (χ2n) is 5.05. The highest BCUT2D eigenvalue weighted by molar-refractivity contribution is 6.65. The molecule has 2 bridgehead atoms. The minimum Gasteiger partial charge on any atom is -0.388 e. The third kappa shape index (κ3) is 2.05. The van der Waals surface area contributed by atoms with Crippen LogP contribution in [0.15, 0.2) is 10.1 Å². The molecule has 1 fully saturated rings. The summed E-state index contributed by atoms with van der Waals surface area (Å²) < 4.78 is 3.04. The minimum absolute atomic E-state index is 0.0640. The molecule has 5 unspecified atom stereocenters. The maximum Gasteiger partial charge on any atom is 0.180 e. The molecule has 116 valence electrons. The number of allylic oxidation sites excluding steroid dienone is 2. The van der Waals surface area contributed by atoms with Crippen LogP contribution in [0.3, 0.4) is 0 Å². The standard InChI is InChI=1S/C11H12Cl6O3/c1-20-8(19)5(18)2-4-3-9(14)6(12)7(13)10(4,15)11(9,16)17/h4-5,8,18-19H,2-3H2,1H3. The molecule has 0 aromatic rings. The molecule has 0 heterocycles. The number of rotatable bonds is 4. The maximum absolute atomic E-state index is 9.87. The van der Waals surface area contributed by atoms with E-state index in [9.17, 15) is 10.2 Å². The third-order valence-electron chi connectivity index (χ3n) is 4.00. The molecule has 0 aromatic carbocycles. The topological polar surface area (TPSA) is 49.7 Å². The Labute approximate surface area is 146 Å². The Morgan fingerprint density at radius 1 is 1.20 bits per heavy atom. The van der Waals surface area contributed by atoms with Gasteiger partial charge in [-0.05, 0) is 18.8 Å². The van der Waals surface area contributed by atoms with Gasteiger partial charge in [0.15, 0.2) is 10.6 Å². The predicted octanol–water partition coefficient (Wildman–Crippen LogP) is 3.55.